The van der Waals surface area contributed by atoms with Crippen molar-refractivity contribution in [1.29, 1.82) is 0 Å². The summed E-state index contributed by atoms with van der Waals surface area (Å²) in [6.45, 7) is 5.34. The van der Waals surface area contributed by atoms with Crippen molar-refractivity contribution in [1.82, 2.24) is 9.97 Å². The Balaban J connectivity index is 2.27. The lowest BCUT2D eigenvalue weighted by Gasteiger charge is -2.40. The van der Waals surface area contributed by atoms with Gasteiger partial charge < -0.3 is 9.84 Å². The van der Waals surface area contributed by atoms with Crippen LogP contribution in [0.25, 0.3) is 0 Å². The topological polar surface area (TPSA) is 55.2 Å². The second-order valence-corrected chi connectivity index (χ2v) is 5.56. The van der Waals surface area contributed by atoms with E-state index in [0.29, 0.717) is 12.3 Å². The molecular weight excluding hydrogens is 252 g/mol. The Hall–Kier alpha value is -1.94. The number of hydrogen-bond donors (Lipinski definition) is 1. The first-order valence-corrected chi connectivity index (χ1v) is 6.63. The van der Waals surface area contributed by atoms with Gasteiger partial charge in [-0.25, -0.2) is 4.98 Å². The van der Waals surface area contributed by atoms with Crippen LogP contribution < -0.4 is 4.74 Å². The van der Waals surface area contributed by atoms with Gasteiger partial charge >= 0.3 is 0 Å². The maximum Gasteiger partial charge on any atom is 0.213 e. The zero-order chi connectivity index (χ0) is 14.6. The molecule has 0 radical (unpaired) electrons. The molecule has 0 aliphatic carbocycles. The SMILES string of the molecule is CC(C)(O)C(C)(Cc1ccccn1)Oc1ccccn1. The second kappa shape index (κ2) is 5.59. The van der Waals surface area contributed by atoms with E-state index >= 15 is 0 Å². The highest BCUT2D eigenvalue weighted by Gasteiger charge is 2.42. The summed E-state index contributed by atoms with van der Waals surface area (Å²) >= 11 is 0. The average molecular weight is 272 g/mol. The van der Waals surface area contributed by atoms with Gasteiger partial charge in [0.05, 0.1) is 5.60 Å². The second-order valence-electron chi connectivity index (χ2n) is 5.56. The molecule has 4 heteroatoms. The quantitative estimate of drug-likeness (QED) is 0.909. The summed E-state index contributed by atoms with van der Waals surface area (Å²) in [5.74, 6) is 0.494. The van der Waals surface area contributed by atoms with Crippen LogP contribution in [0.4, 0.5) is 0 Å². The molecule has 20 heavy (non-hydrogen) atoms. The van der Waals surface area contributed by atoms with Crippen LogP contribution >= 0.6 is 0 Å². The highest BCUT2D eigenvalue weighted by Crippen LogP contribution is 2.30. The molecule has 0 bridgehead atoms. The van der Waals surface area contributed by atoms with Crippen LogP contribution in [0.15, 0.2) is 48.8 Å². The third-order valence-electron chi connectivity index (χ3n) is 3.51. The summed E-state index contributed by atoms with van der Waals surface area (Å²) in [5, 5.41) is 10.5. The fourth-order valence-electron chi connectivity index (χ4n) is 1.86. The van der Waals surface area contributed by atoms with E-state index in [1.807, 2.05) is 37.3 Å². The minimum Gasteiger partial charge on any atom is -0.468 e. The van der Waals surface area contributed by atoms with Gasteiger partial charge in [-0.3, -0.25) is 4.98 Å². The number of pyridine rings is 2. The molecule has 2 aromatic heterocycles. The van der Waals surface area contributed by atoms with E-state index in [-0.39, 0.29) is 0 Å². The van der Waals surface area contributed by atoms with Crippen molar-refractivity contribution in [3.8, 4) is 5.88 Å². The van der Waals surface area contributed by atoms with Crippen LogP contribution in [0.2, 0.25) is 0 Å². The molecule has 0 saturated carbocycles. The van der Waals surface area contributed by atoms with E-state index in [0.717, 1.165) is 5.69 Å². The molecule has 4 nitrogen and oxygen atoms in total. The number of nitrogens with zero attached hydrogens (tertiary/aromatic N) is 2. The summed E-state index contributed by atoms with van der Waals surface area (Å²) in [4.78, 5) is 8.47. The molecule has 1 unspecified atom stereocenters. The molecule has 106 valence electrons. The molecule has 2 heterocycles. The summed E-state index contributed by atoms with van der Waals surface area (Å²) in [6, 6.07) is 11.2. The first kappa shape index (κ1) is 14.5. The predicted octanol–water partition coefficient (Wildman–Crippen LogP) is 2.63. The van der Waals surface area contributed by atoms with Crippen molar-refractivity contribution in [2.45, 2.75) is 38.4 Å². The summed E-state index contributed by atoms with van der Waals surface area (Å²) in [7, 11) is 0. The average Bonchev–Trinajstić information content (AvgIpc) is 2.39. The van der Waals surface area contributed by atoms with Crippen molar-refractivity contribution in [2.75, 3.05) is 0 Å². The standard InChI is InChI=1S/C16H20N2O2/c1-15(2,19)16(3,12-13-8-4-6-10-17-13)20-14-9-5-7-11-18-14/h4-11,19H,12H2,1-3H3. The van der Waals surface area contributed by atoms with Crippen molar-refractivity contribution in [3.05, 3.63) is 54.5 Å². The molecular formula is C16H20N2O2. The maximum absolute atomic E-state index is 10.5. The number of aromatic nitrogens is 2. The Morgan fingerprint density at radius 1 is 1.00 bits per heavy atom. The van der Waals surface area contributed by atoms with Crippen LogP contribution in [0.5, 0.6) is 5.88 Å². The number of hydrogen-bond acceptors (Lipinski definition) is 4. The van der Waals surface area contributed by atoms with E-state index in [1.54, 1.807) is 32.3 Å². The Kier molecular flexibility index (Phi) is 4.04. The van der Waals surface area contributed by atoms with Crippen molar-refractivity contribution < 1.29 is 9.84 Å². The van der Waals surface area contributed by atoms with Crippen molar-refractivity contribution in [3.63, 3.8) is 0 Å². The Labute approximate surface area is 119 Å². The maximum atomic E-state index is 10.5. The first-order chi connectivity index (χ1) is 9.41. The fourth-order valence-corrected chi connectivity index (χ4v) is 1.86. The third-order valence-corrected chi connectivity index (χ3v) is 3.51. The smallest absolute Gasteiger partial charge is 0.213 e. The summed E-state index contributed by atoms with van der Waals surface area (Å²) in [6.07, 6.45) is 3.90. The largest absolute Gasteiger partial charge is 0.468 e. The molecule has 0 aliphatic rings. The number of aliphatic hydroxyl groups is 1. The van der Waals surface area contributed by atoms with Crippen molar-refractivity contribution in [2.24, 2.45) is 0 Å². The van der Waals surface area contributed by atoms with Crippen molar-refractivity contribution >= 4 is 0 Å². The van der Waals surface area contributed by atoms with E-state index in [2.05, 4.69) is 9.97 Å². The first-order valence-electron chi connectivity index (χ1n) is 6.63. The lowest BCUT2D eigenvalue weighted by Crippen LogP contribution is -2.54. The number of ether oxygens (including phenoxy) is 1. The van der Waals surface area contributed by atoms with Gasteiger partial charge in [-0.05, 0) is 39.0 Å². The molecule has 2 aromatic rings. The molecule has 1 atom stereocenters. The van der Waals surface area contributed by atoms with Gasteiger partial charge in [-0.1, -0.05) is 12.1 Å². The molecule has 0 fully saturated rings. The molecule has 2 rings (SSSR count). The van der Waals surface area contributed by atoms with Crippen LogP contribution in [0.1, 0.15) is 26.5 Å². The Morgan fingerprint density at radius 2 is 1.65 bits per heavy atom. The predicted molar refractivity (Wildman–Crippen MR) is 77.5 cm³/mol. The molecule has 0 aliphatic heterocycles. The van der Waals surface area contributed by atoms with E-state index < -0.39 is 11.2 Å². The Morgan fingerprint density at radius 3 is 2.15 bits per heavy atom. The van der Waals surface area contributed by atoms with E-state index in [1.165, 1.54) is 0 Å². The third kappa shape index (κ3) is 3.33. The lowest BCUT2D eigenvalue weighted by molar-refractivity contribution is -0.104. The monoisotopic (exact) mass is 272 g/mol. The number of rotatable bonds is 5. The molecule has 0 amide bonds. The van der Waals surface area contributed by atoms with Crippen LogP contribution in [0, 0.1) is 0 Å². The molecule has 0 saturated heterocycles. The molecule has 1 N–H and O–H groups in total. The fraction of sp³-hybridized carbons (Fsp3) is 0.375. The zero-order valence-electron chi connectivity index (χ0n) is 12.1. The summed E-state index contributed by atoms with van der Waals surface area (Å²) < 4.78 is 5.97. The van der Waals surface area contributed by atoms with Crippen LogP contribution in [-0.2, 0) is 6.42 Å². The normalized spacial score (nSPS) is 14.6. The van der Waals surface area contributed by atoms with Gasteiger partial charge in [0.25, 0.3) is 0 Å². The Bertz CT molecular complexity index is 494. The van der Waals surface area contributed by atoms with E-state index in [4.69, 9.17) is 4.74 Å². The summed E-state index contributed by atoms with van der Waals surface area (Å²) in [5.41, 5.74) is -0.995. The minimum absolute atomic E-state index is 0.494. The highest BCUT2D eigenvalue weighted by atomic mass is 16.5. The van der Waals surface area contributed by atoms with Crippen LogP contribution in [0.3, 0.4) is 0 Å². The van der Waals surface area contributed by atoms with E-state index in [9.17, 15) is 5.11 Å². The highest BCUT2D eigenvalue weighted by molar-refractivity contribution is 5.15. The van der Waals surface area contributed by atoms with Gasteiger partial charge in [0.15, 0.2) is 0 Å². The van der Waals surface area contributed by atoms with Gasteiger partial charge in [-0.2, -0.15) is 0 Å². The van der Waals surface area contributed by atoms with Crippen LogP contribution in [-0.4, -0.2) is 26.3 Å². The van der Waals surface area contributed by atoms with Gasteiger partial charge in [0, 0.05) is 30.6 Å². The van der Waals surface area contributed by atoms with Gasteiger partial charge in [0.2, 0.25) is 5.88 Å². The molecule has 0 spiro atoms. The molecule has 0 aromatic carbocycles. The lowest BCUT2D eigenvalue weighted by atomic mass is 9.83. The zero-order valence-corrected chi connectivity index (χ0v) is 12.1. The minimum atomic E-state index is -1.04. The van der Waals surface area contributed by atoms with Gasteiger partial charge in [-0.15, -0.1) is 0 Å². The van der Waals surface area contributed by atoms with Gasteiger partial charge in [0.1, 0.15) is 5.60 Å².